The van der Waals surface area contributed by atoms with Gasteiger partial charge in [-0.05, 0) is 25.6 Å². The first-order chi connectivity index (χ1) is 15.1. The molecule has 1 fully saturated rings. The Labute approximate surface area is 189 Å². The lowest BCUT2D eigenvalue weighted by Gasteiger charge is -2.32. The summed E-state index contributed by atoms with van der Waals surface area (Å²) in [5.41, 5.74) is 1.24. The topological polar surface area (TPSA) is 52.7 Å². The number of amides is 2. The quantitative estimate of drug-likeness (QED) is 0.385. The molecule has 1 aliphatic heterocycles. The number of hydrogen-bond acceptors (Lipinski definition) is 3. The summed E-state index contributed by atoms with van der Waals surface area (Å²) in [6.07, 6.45) is 14.5. The number of rotatable bonds is 14. The maximum Gasteiger partial charge on any atom is 0.256 e. The van der Waals surface area contributed by atoms with E-state index in [2.05, 4.69) is 24.2 Å². The lowest BCUT2D eigenvalue weighted by atomic mass is 10.1. The van der Waals surface area contributed by atoms with Gasteiger partial charge in [0, 0.05) is 32.6 Å². The molecule has 0 spiro atoms. The van der Waals surface area contributed by atoms with E-state index in [1.165, 1.54) is 57.8 Å². The van der Waals surface area contributed by atoms with Crippen molar-refractivity contribution in [2.45, 2.75) is 84.0 Å². The van der Waals surface area contributed by atoms with Gasteiger partial charge in [-0.1, -0.05) is 83.3 Å². The Bertz CT molecular complexity index is 654. The highest BCUT2D eigenvalue weighted by molar-refractivity contribution is 6.03. The van der Waals surface area contributed by atoms with E-state index in [-0.39, 0.29) is 11.8 Å². The normalized spacial score (nSPS) is 14.6. The summed E-state index contributed by atoms with van der Waals surface area (Å²) in [4.78, 5) is 29.5. The number of nitrogens with zero attached hydrogens (tertiary/aromatic N) is 2. The zero-order valence-corrected chi connectivity index (χ0v) is 19.8. The Balaban J connectivity index is 1.63. The van der Waals surface area contributed by atoms with Crippen LogP contribution in [0.2, 0.25) is 0 Å². The van der Waals surface area contributed by atoms with Gasteiger partial charge in [0.15, 0.2) is 0 Å². The lowest BCUT2D eigenvalue weighted by Crippen LogP contribution is -2.47. The number of nitrogens with one attached hydrogen (secondary N) is 1. The molecule has 0 aliphatic carbocycles. The monoisotopic (exact) mass is 429 g/mol. The predicted octanol–water partition coefficient (Wildman–Crippen LogP) is 5.71. The highest BCUT2D eigenvalue weighted by atomic mass is 16.2. The molecular weight excluding hydrogens is 386 g/mol. The molecule has 5 heteroatoms. The van der Waals surface area contributed by atoms with Crippen LogP contribution in [0.1, 0.15) is 94.3 Å². The molecule has 0 bridgehead atoms. The van der Waals surface area contributed by atoms with E-state index in [9.17, 15) is 9.59 Å². The summed E-state index contributed by atoms with van der Waals surface area (Å²) in [5, 5.41) is 2.98. The van der Waals surface area contributed by atoms with E-state index in [1.54, 1.807) is 0 Å². The molecule has 1 aromatic rings. The second-order valence-corrected chi connectivity index (χ2v) is 8.97. The second kappa shape index (κ2) is 15.0. The third-order valence-corrected chi connectivity index (χ3v) is 6.23. The van der Waals surface area contributed by atoms with Crippen LogP contribution < -0.4 is 5.32 Å². The second-order valence-electron chi connectivity index (χ2n) is 8.97. The maximum atomic E-state index is 12.9. The van der Waals surface area contributed by atoms with Crippen molar-refractivity contribution in [1.82, 2.24) is 9.80 Å². The van der Waals surface area contributed by atoms with Crippen LogP contribution >= 0.6 is 0 Å². The van der Waals surface area contributed by atoms with Gasteiger partial charge < -0.3 is 15.1 Å². The van der Waals surface area contributed by atoms with Gasteiger partial charge in [-0.15, -0.1) is 0 Å². The highest BCUT2D eigenvalue weighted by Gasteiger charge is 2.22. The van der Waals surface area contributed by atoms with Crippen molar-refractivity contribution in [1.29, 1.82) is 0 Å². The molecule has 1 N–H and O–H groups in total. The van der Waals surface area contributed by atoms with Crippen LogP contribution in [-0.4, -0.2) is 54.8 Å². The van der Waals surface area contributed by atoms with E-state index >= 15 is 0 Å². The van der Waals surface area contributed by atoms with Crippen LogP contribution in [0.4, 0.5) is 5.69 Å². The standard InChI is InChI=1S/C26H43N3O2/c1-3-4-5-6-7-8-9-10-11-12-13-18-25(30)27-24-17-15-14-16-23(24)26(31)29-21-19-28(2)20-22-29/h14-17H,3-13,18-22H2,1-2H3,(H,27,30). The third kappa shape index (κ3) is 9.86. The Morgan fingerprint density at radius 1 is 0.806 bits per heavy atom. The van der Waals surface area contributed by atoms with Gasteiger partial charge in [0.1, 0.15) is 0 Å². The molecule has 31 heavy (non-hydrogen) atoms. The van der Waals surface area contributed by atoms with Gasteiger partial charge in [-0.2, -0.15) is 0 Å². The van der Waals surface area contributed by atoms with E-state index in [0.717, 1.165) is 39.0 Å². The number of likely N-dealkylation sites (N-methyl/N-ethyl adjacent to an activating group) is 1. The van der Waals surface area contributed by atoms with Crippen LogP contribution in [0, 0.1) is 0 Å². The summed E-state index contributed by atoms with van der Waals surface area (Å²) in [6, 6.07) is 7.39. The van der Waals surface area contributed by atoms with Crippen molar-refractivity contribution >= 4 is 17.5 Å². The number of para-hydroxylation sites is 1. The average Bonchev–Trinajstić information content (AvgIpc) is 2.78. The molecule has 0 saturated carbocycles. The zero-order chi connectivity index (χ0) is 22.3. The number of hydrogen-bond donors (Lipinski definition) is 1. The van der Waals surface area contributed by atoms with E-state index in [1.807, 2.05) is 29.2 Å². The Morgan fingerprint density at radius 3 is 1.97 bits per heavy atom. The van der Waals surface area contributed by atoms with Gasteiger partial charge >= 0.3 is 0 Å². The Kier molecular flexibility index (Phi) is 12.3. The molecule has 1 aliphatic rings. The molecule has 2 amide bonds. The smallest absolute Gasteiger partial charge is 0.256 e. The van der Waals surface area contributed by atoms with Crippen molar-refractivity contribution in [2.75, 3.05) is 38.5 Å². The lowest BCUT2D eigenvalue weighted by molar-refractivity contribution is -0.116. The first kappa shape index (κ1) is 25.4. The summed E-state index contributed by atoms with van der Waals surface area (Å²) in [6.45, 7) is 5.50. The van der Waals surface area contributed by atoms with Gasteiger partial charge in [-0.25, -0.2) is 0 Å². The fraction of sp³-hybridized carbons (Fsp3) is 0.692. The fourth-order valence-corrected chi connectivity index (χ4v) is 4.12. The molecule has 1 saturated heterocycles. The van der Waals surface area contributed by atoms with Crippen LogP contribution in [0.15, 0.2) is 24.3 Å². The van der Waals surface area contributed by atoms with Crippen molar-refractivity contribution in [3.63, 3.8) is 0 Å². The van der Waals surface area contributed by atoms with Crippen LogP contribution in [-0.2, 0) is 4.79 Å². The van der Waals surface area contributed by atoms with Crippen LogP contribution in [0.25, 0.3) is 0 Å². The summed E-state index contributed by atoms with van der Waals surface area (Å²) in [7, 11) is 2.07. The maximum absolute atomic E-state index is 12.9. The number of carbonyl (C=O) groups is 2. The average molecular weight is 430 g/mol. The molecule has 2 rings (SSSR count). The van der Waals surface area contributed by atoms with Crippen molar-refractivity contribution in [3.05, 3.63) is 29.8 Å². The van der Waals surface area contributed by atoms with Gasteiger partial charge in [-0.3, -0.25) is 9.59 Å². The zero-order valence-electron chi connectivity index (χ0n) is 19.8. The minimum Gasteiger partial charge on any atom is -0.336 e. The first-order valence-electron chi connectivity index (χ1n) is 12.5. The van der Waals surface area contributed by atoms with Crippen LogP contribution in [0.3, 0.4) is 0 Å². The van der Waals surface area contributed by atoms with E-state index in [0.29, 0.717) is 17.7 Å². The summed E-state index contributed by atoms with van der Waals surface area (Å²) < 4.78 is 0. The molecule has 0 unspecified atom stereocenters. The molecule has 5 nitrogen and oxygen atoms in total. The molecule has 174 valence electrons. The van der Waals surface area contributed by atoms with E-state index < -0.39 is 0 Å². The summed E-state index contributed by atoms with van der Waals surface area (Å²) >= 11 is 0. The molecular formula is C26H43N3O2. The minimum absolute atomic E-state index is 0.00884. The van der Waals surface area contributed by atoms with Gasteiger partial charge in [0.05, 0.1) is 11.3 Å². The minimum atomic E-state index is 0.00884. The summed E-state index contributed by atoms with van der Waals surface area (Å²) in [5.74, 6) is 0.0215. The molecule has 0 aromatic heterocycles. The van der Waals surface area contributed by atoms with Crippen molar-refractivity contribution in [2.24, 2.45) is 0 Å². The predicted molar refractivity (Wildman–Crippen MR) is 130 cm³/mol. The molecule has 0 atom stereocenters. The van der Waals surface area contributed by atoms with E-state index in [4.69, 9.17) is 0 Å². The molecule has 1 aromatic carbocycles. The van der Waals surface area contributed by atoms with Crippen LogP contribution in [0.5, 0.6) is 0 Å². The Morgan fingerprint density at radius 2 is 1.35 bits per heavy atom. The third-order valence-electron chi connectivity index (χ3n) is 6.23. The molecule has 1 heterocycles. The SMILES string of the molecule is CCCCCCCCCCCCCC(=O)Nc1ccccc1C(=O)N1CCN(C)CC1. The number of benzene rings is 1. The Hall–Kier alpha value is -1.88. The van der Waals surface area contributed by atoms with Gasteiger partial charge in [0.2, 0.25) is 5.91 Å². The van der Waals surface area contributed by atoms with Crippen molar-refractivity contribution in [3.8, 4) is 0 Å². The number of piperazine rings is 1. The fourth-order valence-electron chi connectivity index (χ4n) is 4.12. The number of unbranched alkanes of at least 4 members (excludes halogenated alkanes) is 10. The first-order valence-corrected chi connectivity index (χ1v) is 12.5. The number of anilines is 1. The number of carbonyl (C=O) groups excluding carboxylic acids is 2. The molecule has 0 radical (unpaired) electrons. The van der Waals surface area contributed by atoms with Crippen molar-refractivity contribution < 1.29 is 9.59 Å². The van der Waals surface area contributed by atoms with Gasteiger partial charge in [0.25, 0.3) is 5.91 Å². The highest BCUT2D eigenvalue weighted by Crippen LogP contribution is 2.19. The largest absolute Gasteiger partial charge is 0.336 e.